The Morgan fingerprint density at radius 1 is 1.20 bits per heavy atom. The van der Waals surface area contributed by atoms with Crippen molar-refractivity contribution in [3.8, 4) is 0 Å². The Hall–Kier alpha value is -1.77. The van der Waals surface area contributed by atoms with Crippen LogP contribution < -0.4 is 0 Å². The van der Waals surface area contributed by atoms with Gasteiger partial charge in [-0.05, 0) is 38.0 Å². The van der Waals surface area contributed by atoms with Gasteiger partial charge in [0.2, 0.25) is 0 Å². The summed E-state index contributed by atoms with van der Waals surface area (Å²) >= 11 is 0. The minimum Gasteiger partial charge on any atom is -0.478 e. The van der Waals surface area contributed by atoms with Gasteiger partial charge >= 0.3 is 5.97 Å². The normalized spacial score (nSPS) is 10.9. The van der Waals surface area contributed by atoms with Crippen LogP contribution in [0.3, 0.4) is 0 Å². The first kappa shape index (κ1) is 9.77. The Kier molecular flexibility index (Phi) is 2.03. The predicted molar refractivity (Wildman–Crippen MR) is 59.5 cm³/mol. The molecule has 0 aliphatic carbocycles. The average molecular weight is 203 g/mol. The van der Waals surface area contributed by atoms with Gasteiger partial charge in [0, 0.05) is 16.6 Å². The second-order valence-electron chi connectivity index (χ2n) is 3.84. The van der Waals surface area contributed by atoms with Crippen molar-refractivity contribution in [1.29, 1.82) is 0 Å². The molecule has 0 bridgehead atoms. The van der Waals surface area contributed by atoms with Crippen LogP contribution >= 0.6 is 0 Å². The van der Waals surface area contributed by atoms with Crippen LogP contribution in [0.5, 0.6) is 0 Å². The highest BCUT2D eigenvalue weighted by molar-refractivity contribution is 5.97. The van der Waals surface area contributed by atoms with Crippen LogP contribution in [0, 0.1) is 20.8 Å². The summed E-state index contributed by atoms with van der Waals surface area (Å²) in [5.41, 5.74) is 4.38. The van der Waals surface area contributed by atoms with Crippen LogP contribution in [0.15, 0.2) is 12.1 Å². The maximum Gasteiger partial charge on any atom is 0.336 e. The maximum atomic E-state index is 10.9. The molecule has 0 unspecified atom stereocenters. The summed E-state index contributed by atoms with van der Waals surface area (Å²) in [7, 11) is 0. The molecular formula is C12H13NO2. The lowest BCUT2D eigenvalue weighted by Gasteiger charge is -2.01. The molecule has 0 fully saturated rings. The Balaban J connectivity index is 2.85. The topological polar surface area (TPSA) is 53.1 Å². The Morgan fingerprint density at radius 2 is 1.87 bits per heavy atom. The number of nitrogens with one attached hydrogen (secondary N) is 1. The van der Waals surface area contributed by atoms with Crippen molar-refractivity contribution in [3.05, 3.63) is 34.5 Å². The van der Waals surface area contributed by atoms with Gasteiger partial charge in [-0.25, -0.2) is 4.79 Å². The third-order valence-corrected chi connectivity index (χ3v) is 2.97. The Morgan fingerprint density at radius 3 is 2.47 bits per heavy atom. The number of hydrogen-bond acceptors (Lipinski definition) is 1. The molecule has 2 rings (SSSR count). The molecule has 0 amide bonds. The number of hydrogen-bond donors (Lipinski definition) is 2. The summed E-state index contributed by atoms with van der Waals surface area (Å²) in [4.78, 5) is 14.2. The number of aromatic nitrogens is 1. The Labute approximate surface area is 87.7 Å². The van der Waals surface area contributed by atoms with Gasteiger partial charge in [0.15, 0.2) is 0 Å². The fourth-order valence-electron chi connectivity index (χ4n) is 1.90. The highest BCUT2D eigenvalue weighted by Crippen LogP contribution is 2.26. The number of rotatable bonds is 1. The van der Waals surface area contributed by atoms with E-state index in [1.807, 2.05) is 26.8 Å². The molecule has 3 heteroatoms. The molecule has 0 aliphatic heterocycles. The second-order valence-corrected chi connectivity index (χ2v) is 3.84. The van der Waals surface area contributed by atoms with Crippen LogP contribution in [-0.4, -0.2) is 16.1 Å². The van der Waals surface area contributed by atoms with E-state index in [0.29, 0.717) is 5.56 Å². The van der Waals surface area contributed by atoms with Crippen molar-refractivity contribution in [2.45, 2.75) is 20.8 Å². The molecule has 0 aliphatic rings. The number of carbonyl (C=O) groups is 1. The smallest absolute Gasteiger partial charge is 0.336 e. The standard InChI is InChI=1S/C12H13NO2/c1-6-8(3)13-11-7(2)10(12(14)15)5-4-9(6)11/h4-5,13H,1-3H3,(H,14,15). The monoisotopic (exact) mass is 203 g/mol. The number of fused-ring (bicyclic) bond motifs is 1. The molecule has 78 valence electrons. The Bertz CT molecular complexity index is 552. The van der Waals surface area contributed by atoms with Gasteiger partial charge in [0.25, 0.3) is 0 Å². The molecule has 3 nitrogen and oxygen atoms in total. The molecule has 0 saturated carbocycles. The lowest BCUT2D eigenvalue weighted by Crippen LogP contribution is -1.99. The molecule has 0 spiro atoms. The number of carboxylic acid groups (broad SMARTS) is 1. The second kappa shape index (κ2) is 3.12. The molecule has 2 aromatic rings. The van der Waals surface area contributed by atoms with E-state index in [2.05, 4.69) is 4.98 Å². The lowest BCUT2D eigenvalue weighted by molar-refractivity contribution is 0.0696. The zero-order chi connectivity index (χ0) is 11.2. The molecule has 0 saturated heterocycles. The van der Waals surface area contributed by atoms with Crippen molar-refractivity contribution in [2.24, 2.45) is 0 Å². The van der Waals surface area contributed by atoms with Crippen LogP contribution in [0.1, 0.15) is 27.2 Å². The van der Waals surface area contributed by atoms with Gasteiger partial charge in [-0.15, -0.1) is 0 Å². The lowest BCUT2D eigenvalue weighted by atomic mass is 10.0. The van der Waals surface area contributed by atoms with Crippen molar-refractivity contribution in [1.82, 2.24) is 4.98 Å². The molecule has 0 atom stereocenters. The van der Waals surface area contributed by atoms with E-state index in [-0.39, 0.29) is 0 Å². The minimum atomic E-state index is -0.876. The van der Waals surface area contributed by atoms with E-state index in [1.54, 1.807) is 6.07 Å². The highest BCUT2D eigenvalue weighted by atomic mass is 16.4. The first-order chi connectivity index (χ1) is 7.02. The van der Waals surface area contributed by atoms with Gasteiger partial charge in [-0.2, -0.15) is 0 Å². The molecule has 2 N–H and O–H groups in total. The summed E-state index contributed by atoms with van der Waals surface area (Å²) in [6, 6.07) is 3.53. The van der Waals surface area contributed by atoms with Gasteiger partial charge in [0.05, 0.1) is 5.56 Å². The number of aromatic amines is 1. The summed E-state index contributed by atoms with van der Waals surface area (Å²) in [5.74, 6) is -0.876. The van der Waals surface area contributed by atoms with Crippen LogP contribution in [0.4, 0.5) is 0 Å². The third kappa shape index (κ3) is 1.31. The van der Waals surface area contributed by atoms with Gasteiger partial charge < -0.3 is 10.1 Å². The first-order valence-electron chi connectivity index (χ1n) is 4.84. The van der Waals surface area contributed by atoms with Gasteiger partial charge in [0.1, 0.15) is 0 Å². The summed E-state index contributed by atoms with van der Waals surface area (Å²) < 4.78 is 0. The van der Waals surface area contributed by atoms with E-state index >= 15 is 0 Å². The summed E-state index contributed by atoms with van der Waals surface area (Å²) in [5, 5.41) is 10.1. The number of aryl methyl sites for hydroxylation is 3. The van der Waals surface area contributed by atoms with Crippen molar-refractivity contribution >= 4 is 16.9 Å². The van der Waals surface area contributed by atoms with Crippen molar-refractivity contribution in [3.63, 3.8) is 0 Å². The number of H-pyrrole nitrogens is 1. The summed E-state index contributed by atoms with van der Waals surface area (Å²) in [6.45, 7) is 5.87. The van der Waals surface area contributed by atoms with E-state index in [4.69, 9.17) is 5.11 Å². The first-order valence-corrected chi connectivity index (χ1v) is 4.84. The molecule has 1 heterocycles. The number of benzene rings is 1. The van der Waals surface area contributed by atoms with Gasteiger partial charge in [-0.3, -0.25) is 0 Å². The average Bonchev–Trinajstić information content (AvgIpc) is 2.45. The fraction of sp³-hybridized carbons (Fsp3) is 0.250. The predicted octanol–water partition coefficient (Wildman–Crippen LogP) is 2.79. The summed E-state index contributed by atoms with van der Waals surface area (Å²) in [6.07, 6.45) is 0. The number of aromatic carboxylic acids is 1. The zero-order valence-corrected chi connectivity index (χ0v) is 9.01. The van der Waals surface area contributed by atoms with E-state index in [0.717, 1.165) is 22.2 Å². The van der Waals surface area contributed by atoms with Crippen LogP contribution in [0.2, 0.25) is 0 Å². The highest BCUT2D eigenvalue weighted by Gasteiger charge is 2.12. The number of carboxylic acids is 1. The van der Waals surface area contributed by atoms with Gasteiger partial charge in [-0.1, -0.05) is 6.07 Å². The zero-order valence-electron chi connectivity index (χ0n) is 9.01. The van der Waals surface area contributed by atoms with Crippen LogP contribution in [-0.2, 0) is 0 Å². The molecular weight excluding hydrogens is 190 g/mol. The largest absolute Gasteiger partial charge is 0.478 e. The molecule has 1 aromatic heterocycles. The van der Waals surface area contributed by atoms with Crippen LogP contribution in [0.25, 0.3) is 10.9 Å². The quantitative estimate of drug-likeness (QED) is 0.748. The molecule has 15 heavy (non-hydrogen) atoms. The van der Waals surface area contributed by atoms with E-state index < -0.39 is 5.97 Å². The minimum absolute atomic E-state index is 0.365. The molecule has 1 aromatic carbocycles. The SMILES string of the molecule is Cc1[nH]c2c(C)c(C(=O)O)ccc2c1C. The van der Waals surface area contributed by atoms with E-state index in [9.17, 15) is 4.79 Å². The van der Waals surface area contributed by atoms with E-state index in [1.165, 1.54) is 5.56 Å². The van der Waals surface area contributed by atoms with Crippen molar-refractivity contribution in [2.75, 3.05) is 0 Å². The van der Waals surface area contributed by atoms with Crippen molar-refractivity contribution < 1.29 is 9.90 Å². The maximum absolute atomic E-state index is 10.9. The molecule has 0 radical (unpaired) electrons. The third-order valence-electron chi connectivity index (χ3n) is 2.97. The fourth-order valence-corrected chi connectivity index (χ4v) is 1.90.